The fraction of sp³-hybridized carbons (Fsp3) is 0.462. The van der Waals surface area contributed by atoms with Gasteiger partial charge in [0.05, 0.1) is 11.0 Å². The van der Waals surface area contributed by atoms with Gasteiger partial charge in [-0.3, -0.25) is 0 Å². The number of nitrogens with one attached hydrogen (secondary N) is 1. The number of H-pyrrole nitrogens is 1. The number of aromatic nitrogens is 2. The Hall–Kier alpha value is -0.610. The maximum absolute atomic E-state index is 5.43. The highest BCUT2D eigenvalue weighted by Gasteiger charge is 2.41. The topological polar surface area (TPSA) is 20.7 Å². The van der Waals surface area contributed by atoms with E-state index in [1.807, 2.05) is 0 Å². The molecular formula is C13H15BrN2S. The number of nitrogens with zero attached hydrogens (tertiary/aromatic N) is 1. The Morgan fingerprint density at radius 1 is 1.47 bits per heavy atom. The van der Waals surface area contributed by atoms with Gasteiger partial charge in [0.15, 0.2) is 4.77 Å². The van der Waals surface area contributed by atoms with Crippen LogP contribution in [0.5, 0.6) is 0 Å². The van der Waals surface area contributed by atoms with Gasteiger partial charge in [0.2, 0.25) is 0 Å². The number of fused-ring (bicyclic) bond motifs is 1. The standard InChI is InChI=1S/C13H15BrN2S/c1-2-13(5-6-13)8-16-11-4-3-9(14)7-10(11)15-12(16)17/h3-4,7H,2,5-6,8H2,1H3,(H,15,17). The Balaban J connectivity index is 2.09. The number of halogens is 1. The summed E-state index contributed by atoms with van der Waals surface area (Å²) >= 11 is 8.92. The van der Waals surface area contributed by atoms with Gasteiger partial charge < -0.3 is 9.55 Å². The van der Waals surface area contributed by atoms with Crippen LogP contribution in [0.3, 0.4) is 0 Å². The molecule has 1 aliphatic rings. The summed E-state index contributed by atoms with van der Waals surface area (Å²) in [4.78, 5) is 3.29. The van der Waals surface area contributed by atoms with Crippen molar-refractivity contribution in [1.29, 1.82) is 0 Å². The molecular weight excluding hydrogens is 296 g/mol. The number of benzene rings is 1. The van der Waals surface area contributed by atoms with Crippen LogP contribution in [0.2, 0.25) is 0 Å². The molecule has 0 atom stereocenters. The number of imidazole rings is 1. The fourth-order valence-electron chi connectivity index (χ4n) is 2.43. The first-order chi connectivity index (χ1) is 8.13. The van der Waals surface area contributed by atoms with Crippen LogP contribution in [0.25, 0.3) is 11.0 Å². The molecule has 4 heteroatoms. The molecule has 2 aromatic rings. The summed E-state index contributed by atoms with van der Waals surface area (Å²) in [7, 11) is 0. The van der Waals surface area contributed by atoms with E-state index in [1.165, 1.54) is 24.8 Å². The van der Waals surface area contributed by atoms with Gasteiger partial charge in [-0.2, -0.15) is 0 Å². The predicted octanol–water partition coefficient (Wildman–Crippen LogP) is 4.65. The van der Waals surface area contributed by atoms with Crippen molar-refractivity contribution in [3.05, 3.63) is 27.4 Å². The average Bonchev–Trinajstić information content (AvgIpc) is 3.01. The van der Waals surface area contributed by atoms with E-state index in [4.69, 9.17) is 12.2 Å². The molecule has 0 amide bonds. The van der Waals surface area contributed by atoms with Crippen LogP contribution in [0.15, 0.2) is 22.7 Å². The highest BCUT2D eigenvalue weighted by molar-refractivity contribution is 9.10. The molecule has 0 aliphatic heterocycles. The second-order valence-electron chi connectivity index (χ2n) is 5.03. The lowest BCUT2D eigenvalue weighted by molar-refractivity contribution is 0.413. The van der Waals surface area contributed by atoms with Gasteiger partial charge in [-0.15, -0.1) is 0 Å². The van der Waals surface area contributed by atoms with Gasteiger partial charge >= 0.3 is 0 Å². The van der Waals surface area contributed by atoms with Gasteiger partial charge in [-0.25, -0.2) is 0 Å². The molecule has 1 N–H and O–H groups in total. The van der Waals surface area contributed by atoms with Crippen molar-refractivity contribution >= 4 is 39.2 Å². The first kappa shape index (κ1) is 11.5. The maximum Gasteiger partial charge on any atom is 0.178 e. The first-order valence-corrected chi connectivity index (χ1v) is 7.22. The normalized spacial score (nSPS) is 17.5. The van der Waals surface area contributed by atoms with Crippen LogP contribution in [-0.2, 0) is 6.54 Å². The van der Waals surface area contributed by atoms with Crippen molar-refractivity contribution in [2.24, 2.45) is 5.41 Å². The Bertz CT molecular complexity index is 622. The molecule has 1 heterocycles. The van der Waals surface area contributed by atoms with E-state index in [-0.39, 0.29) is 0 Å². The summed E-state index contributed by atoms with van der Waals surface area (Å²) in [5.74, 6) is 0. The molecule has 3 rings (SSSR count). The molecule has 0 saturated heterocycles. The Labute approximate surface area is 114 Å². The van der Waals surface area contributed by atoms with Crippen molar-refractivity contribution in [2.75, 3.05) is 0 Å². The van der Waals surface area contributed by atoms with Crippen LogP contribution >= 0.6 is 28.1 Å². The lowest BCUT2D eigenvalue weighted by Crippen LogP contribution is -2.10. The van der Waals surface area contributed by atoms with Crippen LogP contribution in [0, 0.1) is 10.2 Å². The molecule has 17 heavy (non-hydrogen) atoms. The van der Waals surface area contributed by atoms with E-state index in [2.05, 4.69) is 50.6 Å². The van der Waals surface area contributed by atoms with E-state index >= 15 is 0 Å². The summed E-state index contributed by atoms with van der Waals surface area (Å²) in [5, 5.41) is 0. The zero-order chi connectivity index (χ0) is 12.0. The fourth-order valence-corrected chi connectivity index (χ4v) is 3.06. The predicted molar refractivity (Wildman–Crippen MR) is 76.8 cm³/mol. The minimum absolute atomic E-state index is 0.514. The number of hydrogen-bond acceptors (Lipinski definition) is 1. The molecule has 0 bridgehead atoms. The van der Waals surface area contributed by atoms with Crippen molar-refractivity contribution < 1.29 is 0 Å². The minimum Gasteiger partial charge on any atom is -0.331 e. The summed E-state index contributed by atoms with van der Waals surface area (Å²) in [6.07, 6.45) is 3.93. The largest absolute Gasteiger partial charge is 0.331 e. The van der Waals surface area contributed by atoms with Gasteiger partial charge in [0.25, 0.3) is 0 Å². The van der Waals surface area contributed by atoms with Crippen molar-refractivity contribution in [2.45, 2.75) is 32.7 Å². The molecule has 90 valence electrons. The lowest BCUT2D eigenvalue weighted by Gasteiger charge is -2.13. The maximum atomic E-state index is 5.43. The molecule has 1 aromatic carbocycles. The van der Waals surface area contributed by atoms with E-state index in [0.717, 1.165) is 21.3 Å². The van der Waals surface area contributed by atoms with Crippen molar-refractivity contribution in [1.82, 2.24) is 9.55 Å². The Morgan fingerprint density at radius 2 is 2.24 bits per heavy atom. The number of aromatic amines is 1. The minimum atomic E-state index is 0.514. The number of rotatable bonds is 3. The quantitative estimate of drug-likeness (QED) is 0.818. The van der Waals surface area contributed by atoms with Gasteiger partial charge in [0.1, 0.15) is 0 Å². The highest BCUT2D eigenvalue weighted by atomic mass is 79.9. The molecule has 0 spiro atoms. The van der Waals surface area contributed by atoms with E-state index in [1.54, 1.807) is 0 Å². The zero-order valence-corrected chi connectivity index (χ0v) is 12.2. The number of hydrogen-bond donors (Lipinski definition) is 1. The third-order valence-electron chi connectivity index (χ3n) is 3.94. The SMILES string of the molecule is CCC1(Cn2c(=S)[nH]c3cc(Br)ccc32)CC1. The summed E-state index contributed by atoms with van der Waals surface area (Å²) in [6, 6.07) is 6.30. The third kappa shape index (κ3) is 1.97. The Morgan fingerprint density at radius 3 is 2.88 bits per heavy atom. The summed E-state index contributed by atoms with van der Waals surface area (Å²) < 4.78 is 4.19. The zero-order valence-electron chi connectivity index (χ0n) is 9.79. The molecule has 1 saturated carbocycles. The highest BCUT2D eigenvalue weighted by Crippen LogP contribution is 2.50. The van der Waals surface area contributed by atoms with Crippen LogP contribution in [0.1, 0.15) is 26.2 Å². The van der Waals surface area contributed by atoms with Crippen LogP contribution in [-0.4, -0.2) is 9.55 Å². The lowest BCUT2D eigenvalue weighted by atomic mass is 10.0. The van der Waals surface area contributed by atoms with E-state index in [9.17, 15) is 0 Å². The van der Waals surface area contributed by atoms with Gasteiger partial charge in [-0.1, -0.05) is 22.9 Å². The van der Waals surface area contributed by atoms with Crippen molar-refractivity contribution in [3.63, 3.8) is 0 Å². The summed E-state index contributed by atoms with van der Waals surface area (Å²) in [6.45, 7) is 3.34. The van der Waals surface area contributed by atoms with Crippen LogP contribution in [0.4, 0.5) is 0 Å². The molecule has 1 aliphatic carbocycles. The summed E-state index contributed by atoms with van der Waals surface area (Å²) in [5.41, 5.74) is 2.86. The van der Waals surface area contributed by atoms with Crippen LogP contribution < -0.4 is 0 Å². The van der Waals surface area contributed by atoms with Gasteiger partial charge in [-0.05, 0) is 55.1 Å². The monoisotopic (exact) mass is 310 g/mol. The Kier molecular flexibility index (Phi) is 2.67. The molecule has 2 nitrogen and oxygen atoms in total. The van der Waals surface area contributed by atoms with E-state index < -0.39 is 0 Å². The smallest absolute Gasteiger partial charge is 0.178 e. The third-order valence-corrected chi connectivity index (χ3v) is 4.75. The van der Waals surface area contributed by atoms with Gasteiger partial charge in [0, 0.05) is 11.0 Å². The molecule has 1 fully saturated rings. The second-order valence-corrected chi connectivity index (χ2v) is 6.33. The van der Waals surface area contributed by atoms with E-state index in [0.29, 0.717) is 5.41 Å². The molecule has 0 unspecified atom stereocenters. The molecule has 1 aromatic heterocycles. The average molecular weight is 311 g/mol. The second kappa shape index (κ2) is 3.95. The molecule has 0 radical (unpaired) electrons. The first-order valence-electron chi connectivity index (χ1n) is 6.02. The van der Waals surface area contributed by atoms with Crippen molar-refractivity contribution in [3.8, 4) is 0 Å².